The summed E-state index contributed by atoms with van der Waals surface area (Å²) in [5.41, 5.74) is -0.439. The Morgan fingerprint density at radius 2 is 1.93 bits per heavy atom. The molecule has 0 atom stereocenters. The zero-order valence-electron chi connectivity index (χ0n) is 8.27. The van der Waals surface area contributed by atoms with E-state index in [1.807, 2.05) is 0 Å². The third-order valence-electron chi connectivity index (χ3n) is 1.86. The van der Waals surface area contributed by atoms with E-state index in [0.29, 0.717) is 0 Å². The van der Waals surface area contributed by atoms with E-state index in [4.69, 9.17) is 0 Å². The van der Waals surface area contributed by atoms with Gasteiger partial charge in [-0.25, -0.2) is 0 Å². The molecule has 0 saturated heterocycles. The van der Waals surface area contributed by atoms with Crippen molar-refractivity contribution in [1.82, 2.24) is 0 Å². The van der Waals surface area contributed by atoms with Crippen LogP contribution in [0.15, 0.2) is 18.2 Å². The summed E-state index contributed by atoms with van der Waals surface area (Å²) in [6.07, 6.45) is -4.39. The molecule has 15 heavy (non-hydrogen) atoms. The van der Waals surface area contributed by atoms with E-state index < -0.39 is 17.6 Å². The highest BCUT2D eigenvalue weighted by molar-refractivity contribution is 5.88. The molecule has 82 valence electrons. The predicted octanol–water partition coefficient (Wildman–Crippen LogP) is 2.97. The number of nitrogens with one attached hydrogen (secondary N) is 1. The first-order valence-electron chi connectivity index (χ1n) is 4.26. The fourth-order valence-electron chi connectivity index (χ4n) is 1.21. The summed E-state index contributed by atoms with van der Waals surface area (Å²) < 4.78 is 37.4. The van der Waals surface area contributed by atoms with Gasteiger partial charge in [-0.05, 0) is 24.6 Å². The Balaban J connectivity index is 3.11. The minimum Gasteiger partial charge on any atom is -0.326 e. The highest BCUT2D eigenvalue weighted by atomic mass is 19.4. The van der Waals surface area contributed by atoms with Crippen LogP contribution in [0.5, 0.6) is 0 Å². The van der Waals surface area contributed by atoms with Gasteiger partial charge < -0.3 is 5.32 Å². The van der Waals surface area contributed by atoms with Gasteiger partial charge in [0.15, 0.2) is 0 Å². The third kappa shape index (κ3) is 2.97. The lowest BCUT2D eigenvalue weighted by molar-refractivity contribution is -0.138. The minimum atomic E-state index is -4.39. The molecule has 0 radical (unpaired) electrons. The van der Waals surface area contributed by atoms with Crippen LogP contribution in [0.2, 0.25) is 0 Å². The fourth-order valence-corrected chi connectivity index (χ4v) is 1.21. The van der Waals surface area contributed by atoms with Gasteiger partial charge in [0.1, 0.15) is 0 Å². The summed E-state index contributed by atoms with van der Waals surface area (Å²) in [5, 5.41) is 2.31. The van der Waals surface area contributed by atoms with Crippen molar-refractivity contribution in [2.75, 3.05) is 5.32 Å². The molecule has 1 aromatic rings. The van der Waals surface area contributed by atoms with Crippen LogP contribution in [0.25, 0.3) is 0 Å². The monoisotopic (exact) mass is 217 g/mol. The molecular weight excluding hydrogens is 207 g/mol. The molecule has 0 unspecified atom stereocenters. The quantitative estimate of drug-likeness (QED) is 0.769. The number of anilines is 1. The number of benzene rings is 1. The number of amides is 1. The van der Waals surface area contributed by atoms with Crippen LogP contribution >= 0.6 is 0 Å². The SMILES string of the molecule is CC(=O)Nc1ccc(C)c(C(F)(F)F)c1. The molecule has 0 saturated carbocycles. The zero-order chi connectivity index (χ0) is 11.6. The summed E-state index contributed by atoms with van der Waals surface area (Å²) in [4.78, 5) is 10.7. The summed E-state index contributed by atoms with van der Waals surface area (Å²) in [6.45, 7) is 2.62. The lowest BCUT2D eigenvalue weighted by Crippen LogP contribution is -2.10. The maximum absolute atomic E-state index is 12.5. The van der Waals surface area contributed by atoms with E-state index >= 15 is 0 Å². The normalized spacial score (nSPS) is 11.3. The van der Waals surface area contributed by atoms with Crippen LogP contribution in [-0.4, -0.2) is 5.91 Å². The standard InChI is InChI=1S/C10H10F3NO/c1-6-3-4-8(14-7(2)15)5-9(6)10(11,12)13/h3-5H,1-2H3,(H,14,15). The highest BCUT2D eigenvalue weighted by Gasteiger charge is 2.32. The number of rotatable bonds is 1. The van der Waals surface area contributed by atoms with Crippen molar-refractivity contribution in [3.8, 4) is 0 Å². The topological polar surface area (TPSA) is 29.1 Å². The van der Waals surface area contributed by atoms with E-state index in [1.165, 1.54) is 26.0 Å². The predicted molar refractivity (Wildman–Crippen MR) is 50.5 cm³/mol. The van der Waals surface area contributed by atoms with Crippen LogP contribution in [0.3, 0.4) is 0 Å². The molecule has 0 heterocycles. The van der Waals surface area contributed by atoms with Gasteiger partial charge in [-0.3, -0.25) is 4.79 Å². The summed E-state index contributed by atoms with van der Waals surface area (Å²) in [5.74, 6) is -0.396. The Bertz CT molecular complexity index is 385. The zero-order valence-corrected chi connectivity index (χ0v) is 8.27. The summed E-state index contributed by atoms with van der Waals surface area (Å²) >= 11 is 0. The first-order chi connectivity index (χ1) is 6.80. The number of halogens is 3. The number of carbonyl (C=O) groups is 1. The fraction of sp³-hybridized carbons (Fsp3) is 0.300. The molecule has 2 nitrogen and oxygen atoms in total. The van der Waals surface area contributed by atoms with Gasteiger partial charge >= 0.3 is 6.18 Å². The minimum absolute atomic E-state index is 0.136. The number of aryl methyl sites for hydroxylation is 1. The average Bonchev–Trinajstić information content (AvgIpc) is 2.05. The number of alkyl halides is 3. The Morgan fingerprint density at radius 1 is 1.33 bits per heavy atom. The van der Waals surface area contributed by atoms with Gasteiger partial charge in [0.05, 0.1) is 5.56 Å². The van der Waals surface area contributed by atoms with Crippen molar-refractivity contribution in [3.05, 3.63) is 29.3 Å². The lowest BCUT2D eigenvalue weighted by Gasteiger charge is -2.12. The molecule has 0 spiro atoms. The third-order valence-corrected chi connectivity index (χ3v) is 1.86. The van der Waals surface area contributed by atoms with Gasteiger partial charge in [0.25, 0.3) is 0 Å². The number of hydrogen-bond donors (Lipinski definition) is 1. The van der Waals surface area contributed by atoms with E-state index in [1.54, 1.807) is 0 Å². The Hall–Kier alpha value is -1.52. The largest absolute Gasteiger partial charge is 0.416 e. The molecule has 1 amide bonds. The van der Waals surface area contributed by atoms with Gasteiger partial charge in [0, 0.05) is 12.6 Å². The Kier molecular flexibility index (Phi) is 3.02. The van der Waals surface area contributed by atoms with Crippen molar-refractivity contribution in [2.45, 2.75) is 20.0 Å². The van der Waals surface area contributed by atoms with E-state index in [9.17, 15) is 18.0 Å². The average molecular weight is 217 g/mol. The molecule has 5 heteroatoms. The van der Waals surface area contributed by atoms with E-state index in [0.717, 1.165) is 6.07 Å². The molecule has 0 bridgehead atoms. The van der Waals surface area contributed by atoms with Gasteiger partial charge in [-0.2, -0.15) is 13.2 Å². The van der Waals surface area contributed by atoms with E-state index in [-0.39, 0.29) is 11.3 Å². The van der Waals surface area contributed by atoms with Crippen LogP contribution in [0, 0.1) is 6.92 Å². The Labute approximate surface area is 85.1 Å². The van der Waals surface area contributed by atoms with E-state index in [2.05, 4.69) is 5.32 Å². The van der Waals surface area contributed by atoms with Crippen molar-refractivity contribution in [2.24, 2.45) is 0 Å². The summed E-state index contributed by atoms with van der Waals surface area (Å²) in [6, 6.07) is 3.69. The van der Waals surface area contributed by atoms with Crippen LogP contribution < -0.4 is 5.32 Å². The second-order valence-electron chi connectivity index (χ2n) is 3.21. The molecule has 0 aliphatic heterocycles. The highest BCUT2D eigenvalue weighted by Crippen LogP contribution is 2.33. The second kappa shape index (κ2) is 3.92. The maximum atomic E-state index is 12.5. The van der Waals surface area contributed by atoms with Crippen LogP contribution in [0.1, 0.15) is 18.1 Å². The molecule has 0 fully saturated rings. The molecule has 1 aromatic carbocycles. The number of carbonyl (C=O) groups excluding carboxylic acids is 1. The van der Waals surface area contributed by atoms with Crippen molar-refractivity contribution in [3.63, 3.8) is 0 Å². The van der Waals surface area contributed by atoms with Crippen molar-refractivity contribution in [1.29, 1.82) is 0 Å². The first kappa shape index (κ1) is 11.6. The molecule has 0 aromatic heterocycles. The molecule has 0 aliphatic rings. The van der Waals surface area contributed by atoms with Gasteiger partial charge in [0.2, 0.25) is 5.91 Å². The van der Waals surface area contributed by atoms with Gasteiger partial charge in [-0.1, -0.05) is 6.07 Å². The lowest BCUT2D eigenvalue weighted by atomic mass is 10.1. The molecular formula is C10H10F3NO. The van der Waals surface area contributed by atoms with Crippen LogP contribution in [-0.2, 0) is 11.0 Å². The second-order valence-corrected chi connectivity index (χ2v) is 3.21. The Morgan fingerprint density at radius 3 is 2.40 bits per heavy atom. The van der Waals surface area contributed by atoms with Crippen molar-refractivity contribution < 1.29 is 18.0 Å². The maximum Gasteiger partial charge on any atom is 0.416 e. The summed E-state index contributed by atoms with van der Waals surface area (Å²) in [7, 11) is 0. The van der Waals surface area contributed by atoms with Gasteiger partial charge in [-0.15, -0.1) is 0 Å². The first-order valence-corrected chi connectivity index (χ1v) is 4.26. The van der Waals surface area contributed by atoms with Crippen LogP contribution in [0.4, 0.5) is 18.9 Å². The smallest absolute Gasteiger partial charge is 0.326 e. The molecule has 1 rings (SSSR count). The molecule has 1 N–H and O–H groups in total. The number of hydrogen-bond acceptors (Lipinski definition) is 1. The molecule has 0 aliphatic carbocycles. The van der Waals surface area contributed by atoms with Crippen molar-refractivity contribution >= 4 is 11.6 Å².